The number of ketones is 1. The number of hydrogen-bond acceptors (Lipinski definition) is 1. The van der Waals surface area contributed by atoms with Crippen LogP contribution < -0.4 is 0 Å². The van der Waals surface area contributed by atoms with Gasteiger partial charge in [-0.25, -0.2) is 0 Å². The van der Waals surface area contributed by atoms with Crippen molar-refractivity contribution >= 4 is 28.4 Å². The molecular weight excluding hydrogens is 299 g/mol. The molecule has 0 aliphatic heterocycles. The minimum absolute atomic E-state index is 0.172. The highest BCUT2D eigenvalue weighted by Gasteiger charge is 2.52. The summed E-state index contributed by atoms with van der Waals surface area (Å²) in [6.07, 6.45) is 8.04. The van der Waals surface area contributed by atoms with Crippen molar-refractivity contribution in [2.45, 2.75) is 32.6 Å². The van der Waals surface area contributed by atoms with Gasteiger partial charge in [0.25, 0.3) is 0 Å². The van der Waals surface area contributed by atoms with Gasteiger partial charge in [-0.1, -0.05) is 19.1 Å². The van der Waals surface area contributed by atoms with Crippen molar-refractivity contribution in [3.63, 3.8) is 0 Å². The lowest BCUT2D eigenvalue weighted by Crippen LogP contribution is -2.41. The van der Waals surface area contributed by atoms with Gasteiger partial charge in [0.1, 0.15) is 5.78 Å². The van der Waals surface area contributed by atoms with Gasteiger partial charge in [-0.15, -0.1) is 6.58 Å². The van der Waals surface area contributed by atoms with Crippen LogP contribution in [0.15, 0.2) is 22.3 Å². The first kappa shape index (κ1) is 11.4. The predicted octanol–water partition coefficient (Wildman–Crippen LogP) is 3.89. The second-order valence-corrected chi connectivity index (χ2v) is 6.08. The molecule has 1 nitrogen and oxygen atoms in total. The Morgan fingerprint density at radius 3 is 3.13 bits per heavy atom. The molecule has 2 aliphatic rings. The van der Waals surface area contributed by atoms with Crippen molar-refractivity contribution in [1.82, 2.24) is 0 Å². The topological polar surface area (TPSA) is 17.1 Å². The molecule has 0 aromatic rings. The molecule has 2 aliphatic carbocycles. The maximum absolute atomic E-state index is 12.3. The Morgan fingerprint density at radius 2 is 2.47 bits per heavy atom. The fourth-order valence-electron chi connectivity index (χ4n) is 3.16. The molecule has 1 fully saturated rings. The van der Waals surface area contributed by atoms with Gasteiger partial charge in [0.2, 0.25) is 0 Å². The van der Waals surface area contributed by atoms with E-state index in [1.165, 1.54) is 10.0 Å². The van der Waals surface area contributed by atoms with E-state index < -0.39 is 0 Å². The normalized spacial score (nSPS) is 39.9. The monoisotopic (exact) mass is 316 g/mol. The lowest BCUT2D eigenvalue weighted by atomic mass is 9.63. The molecule has 2 heteroatoms. The van der Waals surface area contributed by atoms with Crippen LogP contribution in [0, 0.1) is 17.3 Å². The lowest BCUT2D eigenvalue weighted by Gasteiger charge is -2.41. The number of allylic oxidation sites excluding steroid dienone is 3. The van der Waals surface area contributed by atoms with Crippen molar-refractivity contribution in [1.29, 1.82) is 0 Å². The third-order valence-electron chi connectivity index (χ3n) is 3.89. The first-order valence-electron chi connectivity index (χ1n) is 5.61. The molecule has 3 atom stereocenters. The quantitative estimate of drug-likeness (QED) is 0.558. The number of carbonyl (C=O) groups excluding carboxylic acids is 1. The fraction of sp³-hybridized carbons (Fsp3) is 0.615. The smallest absolute Gasteiger partial charge is 0.144 e. The molecule has 15 heavy (non-hydrogen) atoms. The zero-order valence-corrected chi connectivity index (χ0v) is 11.3. The molecule has 82 valence electrons. The summed E-state index contributed by atoms with van der Waals surface area (Å²) in [5.74, 6) is 1.55. The Labute approximate surface area is 105 Å². The summed E-state index contributed by atoms with van der Waals surface area (Å²) in [7, 11) is 0. The number of fused-ring (bicyclic) bond motifs is 1. The van der Waals surface area contributed by atoms with E-state index in [9.17, 15) is 4.79 Å². The van der Waals surface area contributed by atoms with Crippen LogP contribution in [0.3, 0.4) is 0 Å². The van der Waals surface area contributed by atoms with Gasteiger partial charge in [-0.2, -0.15) is 0 Å². The molecule has 0 amide bonds. The molecule has 0 unspecified atom stereocenters. The number of hydrogen-bond donors (Lipinski definition) is 0. The Bertz CT molecular complexity index is 331. The second kappa shape index (κ2) is 4.04. The van der Waals surface area contributed by atoms with Gasteiger partial charge in [0, 0.05) is 10.0 Å². The summed E-state index contributed by atoms with van der Waals surface area (Å²) in [5.41, 5.74) is -0.172. The fourth-order valence-corrected chi connectivity index (χ4v) is 4.37. The van der Waals surface area contributed by atoms with Crippen LogP contribution in [-0.2, 0) is 4.79 Å². The Hall–Kier alpha value is -0.120. The van der Waals surface area contributed by atoms with E-state index in [-0.39, 0.29) is 5.41 Å². The Balaban J connectivity index is 2.37. The zero-order chi connectivity index (χ0) is 11.1. The highest BCUT2D eigenvalue weighted by atomic mass is 127. The average molecular weight is 316 g/mol. The predicted molar refractivity (Wildman–Crippen MR) is 70.9 cm³/mol. The molecule has 0 radical (unpaired) electrons. The van der Waals surface area contributed by atoms with Crippen molar-refractivity contribution < 1.29 is 4.79 Å². The Morgan fingerprint density at radius 1 is 1.73 bits per heavy atom. The van der Waals surface area contributed by atoms with Gasteiger partial charge < -0.3 is 0 Å². The Kier molecular flexibility index (Phi) is 3.06. The van der Waals surface area contributed by atoms with Crippen LogP contribution >= 0.6 is 22.6 Å². The van der Waals surface area contributed by atoms with Gasteiger partial charge in [-0.05, 0) is 53.7 Å². The van der Waals surface area contributed by atoms with Crippen molar-refractivity contribution in [2.24, 2.45) is 17.3 Å². The molecule has 1 saturated carbocycles. The molecule has 0 saturated heterocycles. The SMILES string of the molecule is C=CC[C@]12C(=O)C[C@H](C)C[C@H]1CC=C2I. The van der Waals surface area contributed by atoms with Gasteiger partial charge in [-0.3, -0.25) is 4.79 Å². The number of Topliss-reactive ketones (excluding diaryl/α,β-unsaturated/α-hetero) is 1. The minimum Gasteiger partial charge on any atom is -0.299 e. The zero-order valence-electron chi connectivity index (χ0n) is 9.13. The first-order valence-corrected chi connectivity index (χ1v) is 6.69. The third-order valence-corrected chi connectivity index (χ3v) is 5.29. The summed E-state index contributed by atoms with van der Waals surface area (Å²) in [5, 5.41) is 0. The van der Waals surface area contributed by atoms with E-state index >= 15 is 0 Å². The standard InChI is InChI=1S/C13H17IO/c1-3-6-13-10(4-5-11(13)14)7-9(2)8-12(13)15/h3,5,9-10H,1,4,6-8H2,2H3/t9-,10-,13+/m1/s1. The van der Waals surface area contributed by atoms with Crippen LogP contribution in [-0.4, -0.2) is 5.78 Å². The molecule has 0 aromatic heterocycles. The van der Waals surface area contributed by atoms with Crippen LogP contribution in [0.1, 0.15) is 32.6 Å². The van der Waals surface area contributed by atoms with Crippen LogP contribution in [0.25, 0.3) is 0 Å². The highest BCUT2D eigenvalue weighted by Crippen LogP contribution is 2.56. The van der Waals surface area contributed by atoms with Gasteiger partial charge in [0.15, 0.2) is 0 Å². The van der Waals surface area contributed by atoms with Crippen LogP contribution in [0.2, 0.25) is 0 Å². The summed E-state index contributed by atoms with van der Waals surface area (Å²) >= 11 is 2.36. The van der Waals surface area contributed by atoms with E-state index in [2.05, 4.69) is 42.2 Å². The number of carbonyl (C=O) groups is 1. The maximum Gasteiger partial charge on any atom is 0.144 e. The molecule has 0 heterocycles. The van der Waals surface area contributed by atoms with Gasteiger partial charge in [0.05, 0.1) is 5.41 Å². The van der Waals surface area contributed by atoms with E-state index in [1.807, 2.05) is 6.08 Å². The first-order chi connectivity index (χ1) is 7.11. The van der Waals surface area contributed by atoms with Gasteiger partial charge >= 0.3 is 0 Å². The molecule has 2 rings (SSSR count). The lowest BCUT2D eigenvalue weighted by molar-refractivity contribution is -0.132. The van der Waals surface area contributed by atoms with E-state index in [0.29, 0.717) is 17.6 Å². The molecule has 0 bridgehead atoms. The molecule has 0 spiro atoms. The molecule has 0 N–H and O–H groups in total. The molecular formula is C13H17IO. The summed E-state index contributed by atoms with van der Waals surface area (Å²) < 4.78 is 1.27. The second-order valence-electron chi connectivity index (χ2n) is 4.92. The van der Waals surface area contributed by atoms with E-state index in [4.69, 9.17) is 0 Å². The van der Waals surface area contributed by atoms with E-state index in [0.717, 1.165) is 19.3 Å². The van der Waals surface area contributed by atoms with Crippen molar-refractivity contribution in [3.8, 4) is 0 Å². The highest BCUT2D eigenvalue weighted by molar-refractivity contribution is 14.1. The summed E-state index contributed by atoms with van der Waals surface area (Å²) in [4.78, 5) is 12.3. The van der Waals surface area contributed by atoms with E-state index in [1.54, 1.807) is 0 Å². The average Bonchev–Trinajstić information content (AvgIpc) is 2.47. The maximum atomic E-state index is 12.3. The van der Waals surface area contributed by atoms with Crippen molar-refractivity contribution in [2.75, 3.05) is 0 Å². The third kappa shape index (κ3) is 1.61. The number of rotatable bonds is 2. The largest absolute Gasteiger partial charge is 0.299 e. The van der Waals surface area contributed by atoms with Crippen LogP contribution in [0.4, 0.5) is 0 Å². The summed E-state index contributed by atoms with van der Waals surface area (Å²) in [6.45, 7) is 6.01. The minimum atomic E-state index is -0.172. The van der Waals surface area contributed by atoms with Crippen LogP contribution in [0.5, 0.6) is 0 Å². The molecule has 0 aromatic carbocycles. The number of halogens is 1. The summed E-state index contributed by atoms with van der Waals surface area (Å²) in [6, 6.07) is 0. The van der Waals surface area contributed by atoms with Crippen molar-refractivity contribution in [3.05, 3.63) is 22.3 Å².